The largest absolute Gasteiger partial charge is 0.467 e. The van der Waals surface area contributed by atoms with Gasteiger partial charge in [0.15, 0.2) is 5.16 Å². The van der Waals surface area contributed by atoms with Crippen LogP contribution in [0.5, 0.6) is 0 Å². The van der Waals surface area contributed by atoms with Gasteiger partial charge in [0.1, 0.15) is 11.6 Å². The van der Waals surface area contributed by atoms with Gasteiger partial charge in [0, 0.05) is 24.3 Å². The van der Waals surface area contributed by atoms with Crippen LogP contribution in [-0.2, 0) is 17.0 Å². The molecule has 0 fully saturated rings. The number of ether oxygens (including phenoxy) is 1. The molecular weight excluding hydrogens is 400 g/mol. The first-order valence-electron chi connectivity index (χ1n) is 9.95. The third-order valence-electron chi connectivity index (χ3n) is 4.64. The molecule has 3 rings (SSSR count). The zero-order valence-corrected chi connectivity index (χ0v) is 18.6. The summed E-state index contributed by atoms with van der Waals surface area (Å²) in [4.78, 5) is 12.3. The Morgan fingerprint density at radius 1 is 1.20 bits per heavy atom. The highest BCUT2D eigenvalue weighted by molar-refractivity contribution is 7.98. The lowest BCUT2D eigenvalue weighted by Gasteiger charge is -2.18. The predicted molar refractivity (Wildman–Crippen MR) is 117 cm³/mol. The maximum atomic E-state index is 12.3. The number of hydrogen-bond acceptors (Lipinski definition) is 6. The van der Waals surface area contributed by atoms with Gasteiger partial charge in [0.25, 0.3) is 5.91 Å². The van der Waals surface area contributed by atoms with Gasteiger partial charge >= 0.3 is 0 Å². The molecule has 3 aromatic rings. The molecule has 0 radical (unpaired) electrons. The second kappa shape index (κ2) is 10.4. The van der Waals surface area contributed by atoms with Crippen LogP contribution in [0.1, 0.15) is 60.2 Å². The van der Waals surface area contributed by atoms with Gasteiger partial charge in [0.2, 0.25) is 0 Å². The molecule has 1 atom stereocenters. The summed E-state index contributed by atoms with van der Waals surface area (Å²) < 4.78 is 12.7. The highest BCUT2D eigenvalue weighted by Crippen LogP contribution is 2.28. The van der Waals surface area contributed by atoms with Crippen molar-refractivity contribution < 1.29 is 13.9 Å². The van der Waals surface area contributed by atoms with Gasteiger partial charge in [-0.1, -0.05) is 37.7 Å². The highest BCUT2D eigenvalue weighted by atomic mass is 32.2. The van der Waals surface area contributed by atoms with E-state index in [4.69, 9.17) is 9.15 Å². The second-order valence-corrected chi connectivity index (χ2v) is 8.36. The van der Waals surface area contributed by atoms with E-state index in [1.807, 2.05) is 30.3 Å². The molecule has 0 aliphatic heterocycles. The third kappa shape index (κ3) is 5.52. The number of carbonyl (C=O) groups excluding carboxylic acids is 1. The molecule has 0 spiro atoms. The molecule has 30 heavy (non-hydrogen) atoms. The molecule has 0 bridgehead atoms. The van der Waals surface area contributed by atoms with Crippen LogP contribution < -0.4 is 5.32 Å². The molecule has 0 saturated carbocycles. The third-order valence-corrected chi connectivity index (χ3v) is 5.66. The summed E-state index contributed by atoms with van der Waals surface area (Å²) in [5.41, 5.74) is 1.73. The quantitative estimate of drug-likeness (QED) is 0.481. The zero-order chi connectivity index (χ0) is 21.5. The van der Waals surface area contributed by atoms with Crippen LogP contribution in [0, 0.1) is 0 Å². The normalized spacial score (nSPS) is 12.3. The Hall–Kier alpha value is -2.58. The SMILES string of the molecule is COCC(C)n1c(SCc2ccc(C(=O)NCc3ccco3)cc2)nnc1C(C)C. The minimum atomic E-state index is -0.125. The number of amides is 1. The smallest absolute Gasteiger partial charge is 0.251 e. The summed E-state index contributed by atoms with van der Waals surface area (Å²) >= 11 is 1.64. The van der Waals surface area contributed by atoms with Crippen molar-refractivity contribution in [2.45, 2.75) is 50.2 Å². The van der Waals surface area contributed by atoms with E-state index in [-0.39, 0.29) is 17.9 Å². The van der Waals surface area contributed by atoms with E-state index in [1.165, 1.54) is 0 Å². The van der Waals surface area contributed by atoms with E-state index < -0.39 is 0 Å². The van der Waals surface area contributed by atoms with Gasteiger partial charge in [-0.3, -0.25) is 4.79 Å². The van der Waals surface area contributed by atoms with Crippen molar-refractivity contribution in [3.8, 4) is 0 Å². The molecule has 7 nitrogen and oxygen atoms in total. The zero-order valence-electron chi connectivity index (χ0n) is 17.8. The molecule has 0 aliphatic carbocycles. The monoisotopic (exact) mass is 428 g/mol. The number of hydrogen-bond donors (Lipinski definition) is 1. The fraction of sp³-hybridized carbons (Fsp3) is 0.409. The van der Waals surface area contributed by atoms with Crippen LogP contribution in [-0.4, -0.2) is 34.4 Å². The average molecular weight is 429 g/mol. The summed E-state index contributed by atoms with van der Waals surface area (Å²) in [6.07, 6.45) is 1.59. The molecule has 0 aliphatic rings. The first-order valence-corrected chi connectivity index (χ1v) is 10.9. The lowest BCUT2D eigenvalue weighted by atomic mass is 10.1. The first kappa shape index (κ1) is 22.1. The Kier molecular flexibility index (Phi) is 7.70. The van der Waals surface area contributed by atoms with Gasteiger partial charge in [0.05, 0.1) is 25.5 Å². The fourth-order valence-electron chi connectivity index (χ4n) is 3.09. The number of benzene rings is 1. The number of nitrogens with zero attached hydrogens (tertiary/aromatic N) is 3. The van der Waals surface area contributed by atoms with Crippen molar-refractivity contribution in [1.29, 1.82) is 0 Å². The van der Waals surface area contributed by atoms with E-state index in [0.29, 0.717) is 18.7 Å². The van der Waals surface area contributed by atoms with Crippen LogP contribution in [0.15, 0.2) is 52.2 Å². The van der Waals surface area contributed by atoms with Crippen LogP contribution in [0.3, 0.4) is 0 Å². The molecule has 2 heterocycles. The lowest BCUT2D eigenvalue weighted by Crippen LogP contribution is -2.22. The topological polar surface area (TPSA) is 82.2 Å². The molecular formula is C22H28N4O3S. The van der Waals surface area contributed by atoms with Crippen molar-refractivity contribution in [3.05, 3.63) is 65.4 Å². The number of aromatic nitrogens is 3. The van der Waals surface area contributed by atoms with Crippen LogP contribution in [0.2, 0.25) is 0 Å². The summed E-state index contributed by atoms with van der Waals surface area (Å²) in [5.74, 6) is 2.59. The van der Waals surface area contributed by atoms with E-state index in [0.717, 1.165) is 28.1 Å². The van der Waals surface area contributed by atoms with E-state index >= 15 is 0 Å². The molecule has 160 valence electrons. The Morgan fingerprint density at radius 2 is 1.97 bits per heavy atom. The molecule has 2 aromatic heterocycles. The van der Waals surface area contributed by atoms with Gasteiger partial charge < -0.3 is 19.0 Å². The van der Waals surface area contributed by atoms with Crippen LogP contribution in [0.25, 0.3) is 0 Å². The summed E-state index contributed by atoms with van der Waals surface area (Å²) in [5, 5.41) is 12.5. The van der Waals surface area contributed by atoms with Gasteiger partial charge in [-0.25, -0.2) is 0 Å². The molecule has 1 unspecified atom stereocenters. The second-order valence-electron chi connectivity index (χ2n) is 7.42. The van der Waals surface area contributed by atoms with Crippen molar-refractivity contribution in [2.24, 2.45) is 0 Å². The first-order chi connectivity index (χ1) is 14.5. The van der Waals surface area contributed by atoms with E-state index in [9.17, 15) is 4.79 Å². The number of carbonyl (C=O) groups is 1. The number of methoxy groups -OCH3 is 1. The highest BCUT2D eigenvalue weighted by Gasteiger charge is 2.20. The number of furan rings is 1. The number of rotatable bonds is 10. The molecule has 8 heteroatoms. The summed E-state index contributed by atoms with van der Waals surface area (Å²) in [6, 6.07) is 11.4. The number of nitrogens with one attached hydrogen (secondary N) is 1. The Labute approximate surface area is 181 Å². The molecule has 0 saturated heterocycles. The van der Waals surface area contributed by atoms with Crippen LogP contribution in [0.4, 0.5) is 0 Å². The maximum absolute atomic E-state index is 12.3. The maximum Gasteiger partial charge on any atom is 0.251 e. The van der Waals surface area contributed by atoms with E-state index in [1.54, 1.807) is 31.2 Å². The van der Waals surface area contributed by atoms with Gasteiger partial charge in [-0.15, -0.1) is 10.2 Å². The van der Waals surface area contributed by atoms with Crippen molar-refractivity contribution in [3.63, 3.8) is 0 Å². The lowest BCUT2D eigenvalue weighted by molar-refractivity contribution is 0.0948. The minimum absolute atomic E-state index is 0.125. The number of thioether (sulfide) groups is 1. The van der Waals surface area contributed by atoms with Gasteiger partial charge in [-0.05, 0) is 36.8 Å². The molecule has 1 N–H and O–H groups in total. The van der Waals surface area contributed by atoms with E-state index in [2.05, 4.69) is 40.9 Å². The van der Waals surface area contributed by atoms with Crippen LogP contribution >= 0.6 is 11.8 Å². The van der Waals surface area contributed by atoms with Crippen molar-refractivity contribution in [2.75, 3.05) is 13.7 Å². The summed E-state index contributed by atoms with van der Waals surface area (Å²) in [7, 11) is 1.70. The van der Waals surface area contributed by atoms with Crippen molar-refractivity contribution in [1.82, 2.24) is 20.1 Å². The Balaban J connectivity index is 1.61. The Morgan fingerprint density at radius 3 is 2.60 bits per heavy atom. The fourth-order valence-corrected chi connectivity index (χ4v) is 4.09. The average Bonchev–Trinajstić information content (AvgIpc) is 3.41. The predicted octanol–water partition coefficient (Wildman–Crippen LogP) is 4.42. The summed E-state index contributed by atoms with van der Waals surface area (Å²) in [6.45, 7) is 7.32. The van der Waals surface area contributed by atoms with Gasteiger partial charge in [-0.2, -0.15) is 0 Å². The molecule has 1 amide bonds. The Bertz CT molecular complexity index is 936. The minimum Gasteiger partial charge on any atom is -0.467 e. The standard InChI is InChI=1S/C22H28N4O3S/c1-15(2)20-24-25-22(26(20)16(3)13-28-4)30-14-17-7-9-18(10-8-17)21(27)23-12-19-6-5-11-29-19/h5-11,15-16H,12-14H2,1-4H3,(H,23,27). The van der Waals surface area contributed by atoms with Crippen molar-refractivity contribution >= 4 is 17.7 Å². The molecule has 1 aromatic carbocycles.